The Hall–Kier alpha value is -2.30. The number of fused-ring (bicyclic) bond motifs is 1. The van der Waals surface area contributed by atoms with E-state index in [1.807, 2.05) is 0 Å². The molecule has 5 atom stereocenters. The molecule has 0 radical (unpaired) electrons. The molecule has 0 amide bonds. The lowest BCUT2D eigenvalue weighted by atomic mass is 9.98. The van der Waals surface area contributed by atoms with Crippen molar-refractivity contribution in [2.75, 3.05) is 20.3 Å². The maximum absolute atomic E-state index is 10.7. The van der Waals surface area contributed by atoms with E-state index in [-0.39, 0.29) is 6.61 Å². The van der Waals surface area contributed by atoms with Crippen LogP contribution in [0.2, 0.25) is 0 Å². The molecular formula is C18H21NO8. The first-order chi connectivity index (χ1) is 13.1. The molecule has 1 aromatic carbocycles. The van der Waals surface area contributed by atoms with E-state index in [9.17, 15) is 20.1 Å². The van der Waals surface area contributed by atoms with E-state index in [0.29, 0.717) is 28.7 Å². The van der Waals surface area contributed by atoms with Crippen molar-refractivity contribution in [1.82, 2.24) is 4.98 Å². The maximum Gasteiger partial charge on any atom is 0.195 e. The van der Waals surface area contributed by atoms with Crippen LogP contribution in [0.15, 0.2) is 30.5 Å². The monoisotopic (exact) mass is 379 g/mol. The summed E-state index contributed by atoms with van der Waals surface area (Å²) in [6, 6.07) is 6.83. The van der Waals surface area contributed by atoms with Crippen molar-refractivity contribution in [2.45, 2.75) is 30.7 Å². The van der Waals surface area contributed by atoms with Crippen molar-refractivity contribution in [1.29, 1.82) is 0 Å². The Morgan fingerprint density at radius 2 is 2.07 bits per heavy atom. The van der Waals surface area contributed by atoms with Crippen molar-refractivity contribution in [2.24, 2.45) is 0 Å². The number of aliphatic hydroxyl groups excluding tert-OH is 3. The minimum absolute atomic E-state index is 0.308. The average Bonchev–Trinajstić information content (AvgIpc) is 2.69. The first-order valence-electron chi connectivity index (χ1n) is 8.36. The van der Waals surface area contributed by atoms with Gasteiger partial charge in [0.2, 0.25) is 0 Å². The normalized spacial score (nSPS) is 28.1. The molecule has 2 unspecified atom stereocenters. The molecule has 0 aliphatic carbocycles. The van der Waals surface area contributed by atoms with E-state index in [2.05, 4.69) is 4.98 Å². The van der Waals surface area contributed by atoms with Crippen LogP contribution in [0, 0.1) is 0 Å². The molecule has 0 saturated carbocycles. The second kappa shape index (κ2) is 8.59. The molecule has 1 saturated heterocycles. The quantitative estimate of drug-likeness (QED) is 0.553. The second-order valence-corrected chi connectivity index (χ2v) is 5.98. The first-order valence-corrected chi connectivity index (χ1v) is 8.36. The third-order valence-electron chi connectivity index (χ3n) is 4.35. The Morgan fingerprint density at radius 3 is 2.78 bits per heavy atom. The van der Waals surface area contributed by atoms with Gasteiger partial charge in [0.1, 0.15) is 42.7 Å². The molecule has 3 N–H and O–H groups in total. The van der Waals surface area contributed by atoms with Crippen molar-refractivity contribution in [3.05, 3.63) is 30.5 Å². The number of ether oxygens (including phenoxy) is 4. The summed E-state index contributed by atoms with van der Waals surface area (Å²) in [6.07, 6.45) is -4.03. The van der Waals surface area contributed by atoms with Crippen LogP contribution in [-0.2, 0) is 14.3 Å². The van der Waals surface area contributed by atoms with Crippen LogP contribution in [0.5, 0.6) is 11.5 Å². The molecule has 0 bridgehead atoms. The van der Waals surface area contributed by atoms with E-state index < -0.39 is 37.3 Å². The Balaban J connectivity index is 1.93. The zero-order chi connectivity index (χ0) is 19.4. The van der Waals surface area contributed by atoms with Crippen LogP contribution >= 0.6 is 0 Å². The summed E-state index contributed by atoms with van der Waals surface area (Å²) in [5, 5.41) is 30.6. The highest BCUT2D eigenvalue weighted by Crippen LogP contribution is 2.32. The van der Waals surface area contributed by atoms with Gasteiger partial charge in [0, 0.05) is 11.6 Å². The Bertz CT molecular complexity index is 785. The fraction of sp³-hybridized carbons (Fsp3) is 0.444. The highest BCUT2D eigenvalue weighted by Gasteiger charge is 2.47. The lowest BCUT2D eigenvalue weighted by Gasteiger charge is -2.41. The summed E-state index contributed by atoms with van der Waals surface area (Å²) in [7, 11) is 1.53. The van der Waals surface area contributed by atoms with Crippen LogP contribution in [0.1, 0.15) is 0 Å². The number of hydrogen-bond acceptors (Lipinski definition) is 9. The number of carbonyl (C=O) groups is 1. The van der Waals surface area contributed by atoms with Gasteiger partial charge in [0.25, 0.3) is 0 Å². The van der Waals surface area contributed by atoms with Gasteiger partial charge < -0.3 is 39.1 Å². The van der Waals surface area contributed by atoms with Gasteiger partial charge in [0.15, 0.2) is 12.4 Å². The minimum atomic E-state index is -1.49. The number of methoxy groups -OCH3 is 1. The number of aldehydes is 1. The van der Waals surface area contributed by atoms with Gasteiger partial charge in [-0.2, -0.15) is 0 Å². The maximum atomic E-state index is 10.7. The van der Waals surface area contributed by atoms with Crippen molar-refractivity contribution >= 4 is 17.2 Å². The summed E-state index contributed by atoms with van der Waals surface area (Å²) < 4.78 is 21.7. The van der Waals surface area contributed by atoms with Crippen LogP contribution in [0.3, 0.4) is 0 Å². The van der Waals surface area contributed by atoms with Gasteiger partial charge in [-0.25, -0.2) is 0 Å². The summed E-state index contributed by atoms with van der Waals surface area (Å²) >= 11 is 0. The van der Waals surface area contributed by atoms with E-state index in [4.69, 9.17) is 18.9 Å². The lowest BCUT2D eigenvalue weighted by Crippen LogP contribution is -2.61. The van der Waals surface area contributed by atoms with Gasteiger partial charge >= 0.3 is 0 Å². The molecule has 27 heavy (non-hydrogen) atoms. The zero-order valence-electron chi connectivity index (χ0n) is 14.6. The molecule has 146 valence electrons. The van der Waals surface area contributed by atoms with E-state index in [1.54, 1.807) is 24.3 Å². The van der Waals surface area contributed by atoms with E-state index in [0.717, 1.165) is 0 Å². The topological polar surface area (TPSA) is 128 Å². The Kier molecular flexibility index (Phi) is 6.19. The zero-order valence-corrected chi connectivity index (χ0v) is 14.6. The second-order valence-electron chi connectivity index (χ2n) is 5.98. The fourth-order valence-electron chi connectivity index (χ4n) is 3.00. The third-order valence-corrected chi connectivity index (χ3v) is 4.35. The predicted octanol–water partition coefficient (Wildman–Crippen LogP) is -0.355. The van der Waals surface area contributed by atoms with Gasteiger partial charge in [-0.15, -0.1) is 0 Å². The molecule has 1 fully saturated rings. The molecule has 0 spiro atoms. The summed E-state index contributed by atoms with van der Waals surface area (Å²) in [5.74, 6) is 0.954. The Labute approximate surface area is 155 Å². The highest BCUT2D eigenvalue weighted by atomic mass is 16.7. The van der Waals surface area contributed by atoms with Crippen molar-refractivity contribution < 1.29 is 39.1 Å². The highest BCUT2D eigenvalue weighted by molar-refractivity contribution is 5.86. The number of rotatable bonds is 7. The summed E-state index contributed by atoms with van der Waals surface area (Å²) in [4.78, 5) is 14.9. The van der Waals surface area contributed by atoms with Crippen LogP contribution < -0.4 is 9.47 Å². The van der Waals surface area contributed by atoms with Crippen molar-refractivity contribution in [3.8, 4) is 11.5 Å². The molecule has 3 rings (SSSR count). The molecule has 9 nitrogen and oxygen atoms in total. The molecule has 1 aromatic heterocycles. The van der Waals surface area contributed by atoms with Gasteiger partial charge in [-0.05, 0) is 24.3 Å². The SMILES string of the molecule is COc1ccc2nccc(O[C@@H]3C(OCC=O)[C@H](O)C(CO)O[C@@H]3O)c2c1. The smallest absolute Gasteiger partial charge is 0.195 e. The average molecular weight is 379 g/mol. The van der Waals surface area contributed by atoms with Crippen LogP contribution in [0.4, 0.5) is 0 Å². The molecule has 2 heterocycles. The molecular weight excluding hydrogens is 358 g/mol. The Morgan fingerprint density at radius 1 is 1.26 bits per heavy atom. The van der Waals surface area contributed by atoms with Crippen LogP contribution in [-0.4, -0.2) is 77.6 Å². The number of pyridine rings is 1. The standard InChI is InChI=1S/C18H21NO8/c1-24-10-2-3-12-11(8-10)13(4-5-19-12)26-17-16(25-7-6-20)15(22)14(9-21)27-18(17)23/h2-6,8,14-18,21-23H,7,9H2,1H3/t14?,15-,16?,17-,18+/m1/s1. The number of aromatic nitrogens is 1. The van der Waals surface area contributed by atoms with Gasteiger partial charge in [-0.1, -0.05) is 0 Å². The van der Waals surface area contributed by atoms with Gasteiger partial charge in [0.05, 0.1) is 19.2 Å². The van der Waals surface area contributed by atoms with E-state index in [1.165, 1.54) is 13.3 Å². The third kappa shape index (κ3) is 4.02. The van der Waals surface area contributed by atoms with E-state index >= 15 is 0 Å². The first kappa shape index (κ1) is 19.5. The molecule has 9 heteroatoms. The predicted molar refractivity (Wildman–Crippen MR) is 92.5 cm³/mol. The largest absolute Gasteiger partial charge is 0.497 e. The fourth-order valence-corrected chi connectivity index (χ4v) is 3.00. The number of nitrogens with zero attached hydrogens (tertiary/aromatic N) is 1. The minimum Gasteiger partial charge on any atom is -0.497 e. The number of carbonyl (C=O) groups excluding carboxylic acids is 1. The van der Waals surface area contributed by atoms with Crippen LogP contribution in [0.25, 0.3) is 10.9 Å². The molecule has 2 aromatic rings. The molecule has 1 aliphatic heterocycles. The summed E-state index contributed by atoms with van der Waals surface area (Å²) in [6.45, 7) is -0.835. The van der Waals surface area contributed by atoms with Crippen molar-refractivity contribution in [3.63, 3.8) is 0 Å². The number of benzene rings is 1. The number of hydrogen-bond donors (Lipinski definition) is 3. The summed E-state index contributed by atoms with van der Waals surface area (Å²) in [5.41, 5.74) is 0.638. The number of aliphatic hydroxyl groups is 3. The van der Waals surface area contributed by atoms with Gasteiger partial charge in [-0.3, -0.25) is 4.98 Å². The molecule has 1 aliphatic rings. The lowest BCUT2D eigenvalue weighted by molar-refractivity contribution is -0.287.